The van der Waals surface area contributed by atoms with Crippen LogP contribution < -0.4 is 0 Å². The van der Waals surface area contributed by atoms with Gasteiger partial charge in [0.25, 0.3) is 0 Å². The molecule has 0 saturated carbocycles. The fourth-order valence-electron chi connectivity index (χ4n) is 2.34. The van der Waals surface area contributed by atoms with Gasteiger partial charge in [-0.05, 0) is 49.8 Å². The molecule has 0 bridgehead atoms. The Morgan fingerprint density at radius 3 is 2.47 bits per heavy atom. The first-order valence-corrected chi connectivity index (χ1v) is 6.51. The molecule has 1 saturated heterocycles. The van der Waals surface area contributed by atoms with Gasteiger partial charge in [-0.1, -0.05) is 18.2 Å². The number of carbonyl (C=O) groups is 1. The molecule has 0 atom stereocenters. The number of rotatable bonds is 2. The summed E-state index contributed by atoms with van der Waals surface area (Å²) in [5.41, 5.74) is 3.71. The number of hydrogen-bond donors (Lipinski definition) is 0. The SMILES string of the molecule is Cc1ccc(CC(=O)N2CCCCC2)cc1C. The predicted molar refractivity (Wildman–Crippen MR) is 70.1 cm³/mol. The zero-order chi connectivity index (χ0) is 12.3. The van der Waals surface area contributed by atoms with Gasteiger partial charge in [0, 0.05) is 13.1 Å². The molecular weight excluding hydrogens is 210 g/mol. The highest BCUT2D eigenvalue weighted by atomic mass is 16.2. The lowest BCUT2D eigenvalue weighted by atomic mass is 10.0. The van der Waals surface area contributed by atoms with Crippen LogP contribution in [0.3, 0.4) is 0 Å². The number of aryl methyl sites for hydroxylation is 2. The van der Waals surface area contributed by atoms with Crippen molar-refractivity contribution in [1.29, 1.82) is 0 Å². The molecule has 1 heterocycles. The molecule has 2 heteroatoms. The summed E-state index contributed by atoms with van der Waals surface area (Å²) in [6.45, 7) is 6.10. The van der Waals surface area contributed by atoms with Gasteiger partial charge in [0.05, 0.1) is 6.42 Å². The minimum absolute atomic E-state index is 0.285. The minimum atomic E-state index is 0.285. The molecule has 0 radical (unpaired) electrons. The zero-order valence-corrected chi connectivity index (χ0v) is 10.8. The quantitative estimate of drug-likeness (QED) is 0.766. The third-order valence-electron chi connectivity index (χ3n) is 3.64. The van der Waals surface area contributed by atoms with Gasteiger partial charge < -0.3 is 4.90 Å². The van der Waals surface area contributed by atoms with Crippen LogP contribution in [-0.4, -0.2) is 23.9 Å². The molecule has 92 valence electrons. The van der Waals surface area contributed by atoms with Crippen molar-refractivity contribution in [1.82, 2.24) is 4.90 Å². The van der Waals surface area contributed by atoms with Crippen molar-refractivity contribution in [3.05, 3.63) is 34.9 Å². The van der Waals surface area contributed by atoms with E-state index in [9.17, 15) is 4.79 Å². The van der Waals surface area contributed by atoms with Gasteiger partial charge in [0.1, 0.15) is 0 Å². The number of amides is 1. The van der Waals surface area contributed by atoms with Crippen molar-refractivity contribution in [3.8, 4) is 0 Å². The van der Waals surface area contributed by atoms with Gasteiger partial charge in [-0.25, -0.2) is 0 Å². The summed E-state index contributed by atoms with van der Waals surface area (Å²) in [4.78, 5) is 14.1. The summed E-state index contributed by atoms with van der Waals surface area (Å²) in [5.74, 6) is 0.285. The van der Waals surface area contributed by atoms with E-state index in [2.05, 4.69) is 32.0 Å². The van der Waals surface area contributed by atoms with Crippen molar-refractivity contribution in [2.24, 2.45) is 0 Å². The maximum absolute atomic E-state index is 12.1. The lowest BCUT2D eigenvalue weighted by Crippen LogP contribution is -2.36. The zero-order valence-electron chi connectivity index (χ0n) is 10.8. The van der Waals surface area contributed by atoms with Gasteiger partial charge >= 0.3 is 0 Å². The number of hydrogen-bond acceptors (Lipinski definition) is 1. The van der Waals surface area contributed by atoms with Crippen molar-refractivity contribution < 1.29 is 4.79 Å². The van der Waals surface area contributed by atoms with Crippen LogP contribution in [0.15, 0.2) is 18.2 Å². The molecule has 1 aliphatic heterocycles. The fourth-order valence-corrected chi connectivity index (χ4v) is 2.34. The summed E-state index contributed by atoms with van der Waals surface area (Å²) in [6, 6.07) is 6.31. The van der Waals surface area contributed by atoms with Crippen LogP contribution in [-0.2, 0) is 11.2 Å². The number of carbonyl (C=O) groups excluding carboxylic acids is 1. The summed E-state index contributed by atoms with van der Waals surface area (Å²) in [7, 11) is 0. The first-order valence-electron chi connectivity index (χ1n) is 6.51. The Labute approximate surface area is 104 Å². The van der Waals surface area contributed by atoms with Crippen LogP contribution in [0.2, 0.25) is 0 Å². The van der Waals surface area contributed by atoms with E-state index < -0.39 is 0 Å². The topological polar surface area (TPSA) is 20.3 Å². The minimum Gasteiger partial charge on any atom is -0.342 e. The average molecular weight is 231 g/mol. The van der Waals surface area contributed by atoms with Crippen LogP contribution in [0.4, 0.5) is 0 Å². The van der Waals surface area contributed by atoms with Crippen LogP contribution in [0.25, 0.3) is 0 Å². The largest absolute Gasteiger partial charge is 0.342 e. The number of likely N-dealkylation sites (tertiary alicyclic amines) is 1. The Morgan fingerprint density at radius 2 is 1.82 bits per heavy atom. The standard InChI is InChI=1S/C15H21NO/c1-12-6-7-14(10-13(12)2)11-15(17)16-8-4-3-5-9-16/h6-7,10H,3-5,8-9,11H2,1-2H3. The average Bonchev–Trinajstić information content (AvgIpc) is 2.35. The second kappa shape index (κ2) is 5.35. The summed E-state index contributed by atoms with van der Waals surface area (Å²) in [6.07, 6.45) is 4.16. The van der Waals surface area contributed by atoms with Crippen LogP contribution >= 0.6 is 0 Å². The van der Waals surface area contributed by atoms with E-state index in [0.717, 1.165) is 18.7 Å². The molecule has 1 amide bonds. The molecule has 0 N–H and O–H groups in total. The number of piperidine rings is 1. The van der Waals surface area contributed by atoms with Crippen LogP contribution in [0, 0.1) is 13.8 Å². The van der Waals surface area contributed by atoms with Crippen LogP contribution in [0.1, 0.15) is 36.0 Å². The molecule has 2 rings (SSSR count). The Kier molecular flexibility index (Phi) is 3.82. The molecule has 1 aliphatic rings. The Hall–Kier alpha value is -1.31. The highest BCUT2D eigenvalue weighted by Crippen LogP contribution is 2.14. The third-order valence-corrected chi connectivity index (χ3v) is 3.64. The van der Waals surface area contributed by atoms with Crippen molar-refractivity contribution in [2.45, 2.75) is 39.5 Å². The number of nitrogens with zero attached hydrogens (tertiary/aromatic N) is 1. The summed E-state index contributed by atoms with van der Waals surface area (Å²) >= 11 is 0. The highest BCUT2D eigenvalue weighted by molar-refractivity contribution is 5.78. The van der Waals surface area contributed by atoms with Crippen molar-refractivity contribution in [2.75, 3.05) is 13.1 Å². The Balaban J connectivity index is 1.99. The summed E-state index contributed by atoms with van der Waals surface area (Å²) in [5, 5.41) is 0. The molecule has 0 aliphatic carbocycles. The van der Waals surface area contributed by atoms with Gasteiger partial charge in [0.2, 0.25) is 5.91 Å². The first kappa shape index (κ1) is 12.2. The summed E-state index contributed by atoms with van der Waals surface area (Å²) < 4.78 is 0. The van der Waals surface area contributed by atoms with Crippen molar-refractivity contribution >= 4 is 5.91 Å². The maximum Gasteiger partial charge on any atom is 0.226 e. The monoisotopic (exact) mass is 231 g/mol. The van der Waals surface area contributed by atoms with Crippen LogP contribution in [0.5, 0.6) is 0 Å². The maximum atomic E-state index is 12.1. The first-order chi connectivity index (χ1) is 8.16. The van der Waals surface area contributed by atoms with Gasteiger partial charge in [-0.2, -0.15) is 0 Å². The van der Waals surface area contributed by atoms with Crippen molar-refractivity contribution in [3.63, 3.8) is 0 Å². The van der Waals surface area contributed by atoms with E-state index in [1.165, 1.54) is 30.4 Å². The van der Waals surface area contributed by atoms with E-state index >= 15 is 0 Å². The smallest absolute Gasteiger partial charge is 0.226 e. The molecular formula is C15H21NO. The lowest BCUT2D eigenvalue weighted by Gasteiger charge is -2.26. The second-order valence-electron chi connectivity index (χ2n) is 5.04. The highest BCUT2D eigenvalue weighted by Gasteiger charge is 2.16. The molecule has 0 spiro atoms. The van der Waals surface area contributed by atoms with E-state index in [1.54, 1.807) is 0 Å². The number of benzene rings is 1. The van der Waals surface area contributed by atoms with Gasteiger partial charge in [-0.15, -0.1) is 0 Å². The van der Waals surface area contributed by atoms with E-state index in [1.807, 2.05) is 4.90 Å². The molecule has 2 nitrogen and oxygen atoms in total. The third kappa shape index (κ3) is 3.09. The molecule has 17 heavy (non-hydrogen) atoms. The van der Waals surface area contributed by atoms with Gasteiger partial charge in [-0.3, -0.25) is 4.79 Å². The molecule has 1 aromatic rings. The molecule has 1 fully saturated rings. The Bertz CT molecular complexity index is 405. The van der Waals surface area contributed by atoms with E-state index in [4.69, 9.17) is 0 Å². The fraction of sp³-hybridized carbons (Fsp3) is 0.533. The second-order valence-corrected chi connectivity index (χ2v) is 5.04. The lowest BCUT2D eigenvalue weighted by molar-refractivity contribution is -0.131. The molecule has 0 aromatic heterocycles. The van der Waals surface area contributed by atoms with E-state index in [-0.39, 0.29) is 5.91 Å². The van der Waals surface area contributed by atoms with Gasteiger partial charge in [0.15, 0.2) is 0 Å². The molecule has 0 unspecified atom stereocenters. The van der Waals surface area contributed by atoms with E-state index in [0.29, 0.717) is 6.42 Å². The normalized spacial score (nSPS) is 16.0. The predicted octanol–water partition coefficient (Wildman–Crippen LogP) is 2.86. The molecule has 1 aromatic carbocycles. The Morgan fingerprint density at radius 1 is 1.12 bits per heavy atom.